The van der Waals surface area contributed by atoms with Crippen molar-refractivity contribution in [2.45, 2.75) is 64.6 Å². The normalized spacial score (nSPS) is 18.4. The molecule has 7 nitrogen and oxygen atoms in total. The molecule has 2 aliphatic heterocycles. The van der Waals surface area contributed by atoms with Crippen LogP contribution < -0.4 is 9.47 Å². The van der Waals surface area contributed by atoms with Gasteiger partial charge in [0.1, 0.15) is 35.6 Å². The van der Waals surface area contributed by atoms with E-state index in [1.807, 2.05) is 60.4 Å². The predicted octanol–water partition coefficient (Wildman–Crippen LogP) is 8.16. The number of rotatable bonds is 8. The number of carboxylic acids is 1. The third-order valence-electron chi connectivity index (χ3n) is 8.85. The van der Waals surface area contributed by atoms with Gasteiger partial charge >= 0.3 is 5.97 Å². The first kappa shape index (κ1) is 32.8. The largest absolute Gasteiger partial charge is 0.486 e. The van der Waals surface area contributed by atoms with E-state index < -0.39 is 18.1 Å². The summed E-state index contributed by atoms with van der Waals surface area (Å²) in [5.41, 5.74) is 5.21. The lowest BCUT2D eigenvalue weighted by Gasteiger charge is -2.35. The second kappa shape index (κ2) is 13.9. The highest BCUT2D eigenvalue weighted by atomic mass is 35.5. The van der Waals surface area contributed by atoms with Crippen LogP contribution in [0.5, 0.6) is 11.5 Å². The number of fused-ring (bicyclic) bond motifs is 2. The van der Waals surface area contributed by atoms with Crippen LogP contribution in [0.3, 0.4) is 0 Å². The number of benzene rings is 4. The highest BCUT2D eigenvalue weighted by Crippen LogP contribution is 2.37. The number of carbonyl (C=O) groups excluding carboxylic acids is 1. The van der Waals surface area contributed by atoms with E-state index in [0.29, 0.717) is 59.7 Å². The van der Waals surface area contributed by atoms with Gasteiger partial charge in [-0.25, -0.2) is 4.39 Å². The van der Waals surface area contributed by atoms with Gasteiger partial charge in [-0.3, -0.25) is 14.5 Å². The van der Waals surface area contributed by atoms with E-state index in [2.05, 4.69) is 0 Å². The van der Waals surface area contributed by atoms with Crippen LogP contribution in [0.25, 0.3) is 0 Å². The molecule has 4 aromatic rings. The van der Waals surface area contributed by atoms with Crippen molar-refractivity contribution in [3.8, 4) is 11.5 Å². The monoisotopic (exact) mass is 676 g/mol. The lowest BCUT2D eigenvalue weighted by atomic mass is 9.91. The molecule has 0 saturated carbocycles. The molecule has 0 saturated heterocycles. The van der Waals surface area contributed by atoms with Gasteiger partial charge in [0.05, 0.1) is 16.6 Å². The van der Waals surface area contributed by atoms with Crippen molar-refractivity contribution in [1.29, 1.82) is 0 Å². The molecule has 2 aliphatic rings. The molecule has 2 heterocycles. The maximum absolute atomic E-state index is 13.9. The topological polar surface area (TPSA) is 79.3 Å². The zero-order chi connectivity index (χ0) is 33.2. The summed E-state index contributed by atoms with van der Waals surface area (Å²) >= 11 is 12.3. The molecule has 6 rings (SSSR count). The number of carboxylic acid groups (broad SMARTS) is 1. The molecule has 0 bridgehead atoms. The van der Waals surface area contributed by atoms with Crippen molar-refractivity contribution < 1.29 is 28.6 Å². The molecule has 4 aromatic carbocycles. The van der Waals surface area contributed by atoms with Crippen LogP contribution in [0.1, 0.15) is 65.9 Å². The Morgan fingerprint density at radius 3 is 2.45 bits per heavy atom. The van der Waals surface area contributed by atoms with Gasteiger partial charge < -0.3 is 19.5 Å². The Kier molecular flexibility index (Phi) is 9.73. The second-order valence-corrected chi connectivity index (χ2v) is 12.9. The minimum atomic E-state index is -0.932. The predicted molar refractivity (Wildman–Crippen MR) is 178 cm³/mol. The first-order valence-electron chi connectivity index (χ1n) is 15.6. The fourth-order valence-corrected chi connectivity index (χ4v) is 6.64. The number of hydrogen-bond acceptors (Lipinski definition) is 5. The number of aliphatic carboxylic acids is 1. The molecule has 244 valence electrons. The molecule has 0 aromatic heterocycles. The van der Waals surface area contributed by atoms with Crippen LogP contribution >= 0.6 is 23.2 Å². The standard InChI is InChI=1S/C37H35Cl2FN2O5/c1-3-34(25-9-12-31(38)32(39)15-25)46-30-10-7-24(8-11-30)36-21-41(22(2)43)20-28-14-26-16-33(37(44)45)42(19-27(26)17-35(28)47-36)18-23-5-4-6-29(40)13-23/h4-15,17,33-34,36H,3,16,18-21H2,1-2H3,(H,44,45)/t33-,34-,36+/m0/s1. The van der Waals surface area contributed by atoms with Crippen molar-refractivity contribution in [2.24, 2.45) is 0 Å². The van der Waals surface area contributed by atoms with Crippen molar-refractivity contribution in [3.05, 3.63) is 128 Å². The van der Waals surface area contributed by atoms with Gasteiger partial charge in [0.15, 0.2) is 0 Å². The van der Waals surface area contributed by atoms with Gasteiger partial charge in [-0.2, -0.15) is 0 Å². The Morgan fingerprint density at radius 1 is 0.979 bits per heavy atom. The maximum Gasteiger partial charge on any atom is 0.321 e. The summed E-state index contributed by atoms with van der Waals surface area (Å²) < 4.78 is 26.8. The average Bonchev–Trinajstić information content (AvgIpc) is 3.23. The minimum absolute atomic E-state index is 0.0822. The molecule has 0 aliphatic carbocycles. The highest BCUT2D eigenvalue weighted by molar-refractivity contribution is 6.42. The molecule has 1 N–H and O–H groups in total. The fraction of sp³-hybridized carbons (Fsp3) is 0.297. The molecular weight excluding hydrogens is 642 g/mol. The second-order valence-electron chi connectivity index (χ2n) is 12.1. The van der Waals surface area contributed by atoms with E-state index in [9.17, 15) is 19.1 Å². The first-order chi connectivity index (χ1) is 22.6. The molecule has 3 atom stereocenters. The third kappa shape index (κ3) is 7.40. The quantitative estimate of drug-likeness (QED) is 0.203. The number of ether oxygens (including phenoxy) is 2. The Balaban J connectivity index is 1.25. The smallest absolute Gasteiger partial charge is 0.321 e. The number of nitrogens with zero attached hydrogens (tertiary/aromatic N) is 2. The van der Waals surface area contributed by atoms with Gasteiger partial charge in [0.2, 0.25) is 5.91 Å². The van der Waals surface area contributed by atoms with E-state index in [0.717, 1.165) is 34.2 Å². The van der Waals surface area contributed by atoms with Gasteiger partial charge in [0.25, 0.3) is 0 Å². The van der Waals surface area contributed by atoms with Crippen LogP contribution in [0.15, 0.2) is 78.9 Å². The molecule has 0 unspecified atom stereocenters. The number of hydrogen-bond donors (Lipinski definition) is 1. The first-order valence-corrected chi connectivity index (χ1v) is 16.3. The number of carbonyl (C=O) groups is 2. The van der Waals surface area contributed by atoms with Crippen LogP contribution in [-0.4, -0.2) is 39.4 Å². The zero-order valence-electron chi connectivity index (χ0n) is 26.1. The van der Waals surface area contributed by atoms with Crippen LogP contribution in [0.4, 0.5) is 4.39 Å². The van der Waals surface area contributed by atoms with E-state index in [1.165, 1.54) is 19.1 Å². The van der Waals surface area contributed by atoms with Crippen LogP contribution in [0, 0.1) is 5.82 Å². The van der Waals surface area contributed by atoms with Crippen molar-refractivity contribution in [2.75, 3.05) is 6.54 Å². The lowest BCUT2D eigenvalue weighted by molar-refractivity contribution is -0.144. The van der Waals surface area contributed by atoms with Crippen molar-refractivity contribution in [1.82, 2.24) is 9.80 Å². The van der Waals surface area contributed by atoms with E-state index >= 15 is 0 Å². The zero-order valence-corrected chi connectivity index (χ0v) is 27.6. The third-order valence-corrected chi connectivity index (χ3v) is 9.59. The van der Waals surface area contributed by atoms with Crippen LogP contribution in [-0.2, 0) is 35.6 Å². The molecule has 1 amide bonds. The minimum Gasteiger partial charge on any atom is -0.486 e. The summed E-state index contributed by atoms with van der Waals surface area (Å²) in [7, 11) is 0. The summed E-state index contributed by atoms with van der Waals surface area (Å²) in [5, 5.41) is 11.0. The lowest BCUT2D eigenvalue weighted by Crippen LogP contribution is -2.45. The Bertz CT molecular complexity index is 1800. The van der Waals surface area contributed by atoms with Gasteiger partial charge in [0, 0.05) is 32.1 Å². The summed E-state index contributed by atoms with van der Waals surface area (Å²) in [6.45, 7) is 4.93. The van der Waals surface area contributed by atoms with Gasteiger partial charge in [-0.05, 0) is 89.2 Å². The maximum atomic E-state index is 13.9. The molecule has 10 heteroatoms. The van der Waals surface area contributed by atoms with Gasteiger partial charge in [-0.1, -0.05) is 60.5 Å². The molecule has 47 heavy (non-hydrogen) atoms. The highest BCUT2D eigenvalue weighted by Gasteiger charge is 2.34. The van der Waals surface area contributed by atoms with E-state index in [4.69, 9.17) is 32.7 Å². The fourth-order valence-electron chi connectivity index (χ4n) is 6.33. The Morgan fingerprint density at radius 2 is 1.77 bits per heavy atom. The van der Waals surface area contributed by atoms with Crippen LogP contribution in [0.2, 0.25) is 10.0 Å². The van der Waals surface area contributed by atoms with E-state index in [1.54, 1.807) is 23.1 Å². The summed E-state index contributed by atoms with van der Waals surface area (Å²) in [6.07, 6.45) is 0.368. The van der Waals surface area contributed by atoms with Crippen molar-refractivity contribution in [3.63, 3.8) is 0 Å². The van der Waals surface area contributed by atoms with Crippen molar-refractivity contribution >= 4 is 35.1 Å². The number of amides is 1. The van der Waals surface area contributed by atoms with Gasteiger partial charge in [-0.15, -0.1) is 0 Å². The number of halogens is 3. The Labute approximate surface area is 283 Å². The summed E-state index contributed by atoms with van der Waals surface area (Å²) in [5.74, 6) is -0.0325. The molecule has 0 spiro atoms. The molecule has 0 fully saturated rings. The summed E-state index contributed by atoms with van der Waals surface area (Å²) in [4.78, 5) is 28.6. The Hall–Kier alpha value is -4.11. The average molecular weight is 678 g/mol. The SMILES string of the molecule is CC[C@H](Oc1ccc([C@H]2CN(C(C)=O)Cc3cc4c(cc3O2)CN(Cc2cccc(F)c2)[C@H](C(=O)O)C4)cc1)c1ccc(Cl)c(Cl)c1. The van der Waals surface area contributed by atoms with E-state index in [-0.39, 0.29) is 17.8 Å². The summed E-state index contributed by atoms with van der Waals surface area (Å²) in [6, 6.07) is 22.6. The molecule has 0 radical (unpaired) electrons. The molecular formula is C37H35Cl2FN2O5.